The molecular weight excluding hydrogens is 258 g/mol. The maximum absolute atomic E-state index is 6.18. The molecule has 0 aliphatic carbocycles. The van der Waals surface area contributed by atoms with Crippen molar-refractivity contribution in [3.63, 3.8) is 0 Å². The van der Waals surface area contributed by atoms with E-state index in [-0.39, 0.29) is 0 Å². The Kier molecular flexibility index (Phi) is 4.40. The Morgan fingerprint density at radius 3 is 2.68 bits per heavy atom. The molecule has 3 nitrogen and oxygen atoms in total. The first-order chi connectivity index (χ1) is 9.04. The van der Waals surface area contributed by atoms with Crippen LogP contribution in [0.2, 0.25) is 5.02 Å². The van der Waals surface area contributed by atoms with E-state index < -0.39 is 0 Å². The maximum Gasteiger partial charge on any atom is 0.0547 e. The van der Waals surface area contributed by atoms with Crippen molar-refractivity contribution in [2.75, 3.05) is 12.8 Å². The van der Waals surface area contributed by atoms with E-state index in [0.29, 0.717) is 10.7 Å². The molecule has 0 aliphatic heterocycles. The summed E-state index contributed by atoms with van der Waals surface area (Å²) >= 11 is 6.18. The molecule has 0 aliphatic rings. The number of aryl methyl sites for hydroxylation is 1. The number of nitrogen functional groups attached to an aromatic ring is 1. The van der Waals surface area contributed by atoms with E-state index in [0.717, 1.165) is 30.0 Å². The summed E-state index contributed by atoms with van der Waals surface area (Å²) < 4.78 is 0. The van der Waals surface area contributed by atoms with Crippen molar-refractivity contribution in [2.24, 2.45) is 0 Å². The molecular formula is C15H18ClN3. The second-order valence-electron chi connectivity index (χ2n) is 4.79. The molecule has 1 aromatic heterocycles. The lowest BCUT2D eigenvalue weighted by Gasteiger charge is -2.17. The minimum Gasteiger partial charge on any atom is -0.399 e. The summed E-state index contributed by atoms with van der Waals surface area (Å²) in [5.74, 6) is 0. The first-order valence-corrected chi connectivity index (χ1v) is 6.57. The summed E-state index contributed by atoms with van der Waals surface area (Å²) in [4.78, 5) is 6.68. The Morgan fingerprint density at radius 1 is 1.21 bits per heavy atom. The number of pyridine rings is 1. The van der Waals surface area contributed by atoms with Crippen LogP contribution in [0.3, 0.4) is 0 Å². The fraction of sp³-hybridized carbons (Fsp3) is 0.267. The zero-order valence-electron chi connectivity index (χ0n) is 11.2. The molecule has 0 bridgehead atoms. The van der Waals surface area contributed by atoms with E-state index in [1.54, 1.807) is 6.07 Å². The molecule has 0 saturated carbocycles. The summed E-state index contributed by atoms with van der Waals surface area (Å²) in [5.41, 5.74) is 9.56. The molecule has 0 atom stereocenters. The molecule has 0 fully saturated rings. The number of benzene rings is 1. The minimum atomic E-state index is 0.691. The first kappa shape index (κ1) is 13.8. The molecule has 100 valence electrons. The lowest BCUT2D eigenvalue weighted by atomic mass is 10.2. The van der Waals surface area contributed by atoms with E-state index in [1.165, 1.54) is 0 Å². The van der Waals surface area contributed by atoms with Crippen LogP contribution >= 0.6 is 11.6 Å². The third kappa shape index (κ3) is 3.94. The van der Waals surface area contributed by atoms with Gasteiger partial charge in [0.1, 0.15) is 0 Å². The summed E-state index contributed by atoms with van der Waals surface area (Å²) in [7, 11) is 2.05. The van der Waals surface area contributed by atoms with Gasteiger partial charge in [-0.25, -0.2) is 0 Å². The van der Waals surface area contributed by atoms with Crippen LogP contribution in [0.5, 0.6) is 0 Å². The molecule has 4 heteroatoms. The molecule has 1 heterocycles. The maximum atomic E-state index is 6.18. The van der Waals surface area contributed by atoms with E-state index in [2.05, 4.69) is 16.9 Å². The Morgan fingerprint density at radius 2 is 2.00 bits per heavy atom. The fourth-order valence-corrected chi connectivity index (χ4v) is 2.25. The molecule has 0 saturated heterocycles. The fourth-order valence-electron chi connectivity index (χ4n) is 2.00. The van der Waals surface area contributed by atoms with Crippen molar-refractivity contribution < 1.29 is 0 Å². The highest BCUT2D eigenvalue weighted by Gasteiger charge is 2.06. The van der Waals surface area contributed by atoms with Crippen LogP contribution in [0.15, 0.2) is 36.4 Å². The predicted molar refractivity (Wildman–Crippen MR) is 80.0 cm³/mol. The van der Waals surface area contributed by atoms with Crippen LogP contribution in [0, 0.1) is 6.92 Å². The minimum absolute atomic E-state index is 0.691. The zero-order valence-corrected chi connectivity index (χ0v) is 12.0. The molecule has 0 radical (unpaired) electrons. The lowest BCUT2D eigenvalue weighted by Crippen LogP contribution is -2.18. The van der Waals surface area contributed by atoms with E-state index in [9.17, 15) is 0 Å². The number of anilines is 1. The van der Waals surface area contributed by atoms with Crippen LogP contribution in [0.4, 0.5) is 5.69 Å². The third-order valence-corrected chi connectivity index (χ3v) is 3.25. The van der Waals surface area contributed by atoms with Gasteiger partial charge in [0.15, 0.2) is 0 Å². The average Bonchev–Trinajstić information content (AvgIpc) is 2.33. The Hall–Kier alpha value is -1.58. The summed E-state index contributed by atoms with van der Waals surface area (Å²) in [6.45, 7) is 3.57. The molecule has 0 unspecified atom stereocenters. The van der Waals surface area contributed by atoms with Gasteiger partial charge in [-0.15, -0.1) is 0 Å². The number of nitrogens with two attached hydrogens (primary N) is 1. The molecule has 2 rings (SSSR count). The lowest BCUT2D eigenvalue weighted by molar-refractivity contribution is 0.315. The van der Waals surface area contributed by atoms with Gasteiger partial charge in [-0.1, -0.05) is 23.7 Å². The zero-order chi connectivity index (χ0) is 13.8. The standard InChI is InChI=1S/C15H18ClN3/c1-11-4-3-5-14(18-11)10-19(2)9-12-6-7-13(17)8-15(12)16/h3-8H,9-10,17H2,1-2H3. The summed E-state index contributed by atoms with van der Waals surface area (Å²) in [6.07, 6.45) is 0. The smallest absolute Gasteiger partial charge is 0.0547 e. The van der Waals surface area contributed by atoms with Gasteiger partial charge in [0.05, 0.1) is 5.69 Å². The normalized spacial score (nSPS) is 10.9. The molecule has 2 N–H and O–H groups in total. The van der Waals surface area contributed by atoms with Crippen LogP contribution in [0.1, 0.15) is 17.0 Å². The van der Waals surface area contributed by atoms with Crippen molar-refractivity contribution in [3.8, 4) is 0 Å². The average molecular weight is 276 g/mol. The molecule has 1 aromatic carbocycles. The highest BCUT2D eigenvalue weighted by molar-refractivity contribution is 6.31. The van der Waals surface area contributed by atoms with Gasteiger partial charge in [-0.3, -0.25) is 9.88 Å². The topological polar surface area (TPSA) is 42.1 Å². The van der Waals surface area contributed by atoms with Crippen molar-refractivity contribution in [1.82, 2.24) is 9.88 Å². The largest absolute Gasteiger partial charge is 0.399 e. The van der Waals surface area contributed by atoms with Crippen LogP contribution in [-0.4, -0.2) is 16.9 Å². The SMILES string of the molecule is Cc1cccc(CN(C)Cc2ccc(N)cc2Cl)n1. The first-order valence-electron chi connectivity index (χ1n) is 6.19. The number of rotatable bonds is 4. The number of aromatic nitrogens is 1. The van der Waals surface area contributed by atoms with E-state index in [1.807, 2.05) is 37.3 Å². The van der Waals surface area contributed by atoms with Gasteiger partial charge >= 0.3 is 0 Å². The second-order valence-corrected chi connectivity index (χ2v) is 5.20. The van der Waals surface area contributed by atoms with Crippen molar-refractivity contribution in [3.05, 3.63) is 58.4 Å². The van der Waals surface area contributed by atoms with Gasteiger partial charge in [0.2, 0.25) is 0 Å². The number of halogens is 1. The Labute approximate surface area is 119 Å². The number of nitrogens with zero attached hydrogens (tertiary/aromatic N) is 2. The third-order valence-electron chi connectivity index (χ3n) is 2.90. The predicted octanol–water partition coefficient (Wildman–Crippen LogP) is 3.26. The van der Waals surface area contributed by atoms with Gasteiger partial charge in [0.25, 0.3) is 0 Å². The van der Waals surface area contributed by atoms with Crippen molar-refractivity contribution >= 4 is 17.3 Å². The van der Waals surface area contributed by atoms with Gasteiger partial charge in [-0.2, -0.15) is 0 Å². The number of hydrogen-bond acceptors (Lipinski definition) is 3. The molecule has 2 aromatic rings. The second kappa shape index (κ2) is 6.04. The van der Waals surface area contributed by atoms with E-state index in [4.69, 9.17) is 17.3 Å². The van der Waals surface area contributed by atoms with Crippen LogP contribution < -0.4 is 5.73 Å². The summed E-state index contributed by atoms with van der Waals surface area (Å²) in [5, 5.41) is 0.712. The van der Waals surface area contributed by atoms with Crippen LogP contribution in [0.25, 0.3) is 0 Å². The summed E-state index contributed by atoms with van der Waals surface area (Å²) in [6, 6.07) is 11.7. The molecule has 19 heavy (non-hydrogen) atoms. The van der Waals surface area contributed by atoms with Gasteiger partial charge in [-0.05, 0) is 43.8 Å². The van der Waals surface area contributed by atoms with Gasteiger partial charge < -0.3 is 5.73 Å². The monoisotopic (exact) mass is 275 g/mol. The quantitative estimate of drug-likeness (QED) is 0.871. The Balaban J connectivity index is 2.03. The van der Waals surface area contributed by atoms with E-state index >= 15 is 0 Å². The number of hydrogen-bond donors (Lipinski definition) is 1. The van der Waals surface area contributed by atoms with Crippen LogP contribution in [-0.2, 0) is 13.1 Å². The molecule has 0 spiro atoms. The van der Waals surface area contributed by atoms with Gasteiger partial charge in [0, 0.05) is 29.5 Å². The van der Waals surface area contributed by atoms with Crippen molar-refractivity contribution in [1.29, 1.82) is 0 Å². The highest BCUT2D eigenvalue weighted by Crippen LogP contribution is 2.20. The Bertz CT molecular complexity index is 569. The van der Waals surface area contributed by atoms with Crippen molar-refractivity contribution in [2.45, 2.75) is 20.0 Å². The molecule has 0 amide bonds. The highest BCUT2D eigenvalue weighted by atomic mass is 35.5.